The number of pyridine rings is 1. The summed E-state index contributed by atoms with van der Waals surface area (Å²) in [6.07, 6.45) is 5.31. The molecule has 5 rings (SSSR count). The molecule has 0 radical (unpaired) electrons. The summed E-state index contributed by atoms with van der Waals surface area (Å²) < 4.78 is 11.8. The molecule has 4 heterocycles. The number of hydrogen-bond donors (Lipinski definition) is 2. The van der Waals surface area contributed by atoms with E-state index in [1.165, 1.54) is 24.5 Å². The highest BCUT2D eigenvalue weighted by molar-refractivity contribution is 6.04. The Kier molecular flexibility index (Phi) is 6.44. The van der Waals surface area contributed by atoms with Crippen LogP contribution in [0.2, 0.25) is 0 Å². The smallest absolute Gasteiger partial charge is 0.272 e. The first kappa shape index (κ1) is 23.2. The third-order valence-corrected chi connectivity index (χ3v) is 5.78. The van der Waals surface area contributed by atoms with E-state index in [4.69, 9.17) is 9.47 Å². The molecular weight excluding hydrogens is 464 g/mol. The molecule has 2 saturated heterocycles. The van der Waals surface area contributed by atoms with Crippen LogP contribution in [0.25, 0.3) is 0 Å². The zero-order valence-electron chi connectivity index (χ0n) is 19.6. The number of rotatable bonds is 7. The van der Waals surface area contributed by atoms with E-state index in [9.17, 15) is 14.4 Å². The fourth-order valence-corrected chi connectivity index (χ4v) is 3.71. The van der Waals surface area contributed by atoms with E-state index < -0.39 is 12.0 Å². The first-order valence-electron chi connectivity index (χ1n) is 11.6. The second-order valence-corrected chi connectivity index (χ2v) is 8.50. The summed E-state index contributed by atoms with van der Waals surface area (Å²) in [5.74, 6) is 0.489. The average molecular weight is 489 g/mol. The molecular formula is C25H24N6O5. The average Bonchev–Trinajstić information content (AvgIpc) is 3.24. The van der Waals surface area contributed by atoms with Gasteiger partial charge in [0.05, 0.1) is 24.3 Å². The molecule has 0 aliphatic carbocycles. The number of nitrogens with zero attached hydrogens (tertiary/aromatic N) is 4. The number of benzene rings is 1. The predicted octanol–water partition coefficient (Wildman–Crippen LogP) is 2.34. The third-order valence-electron chi connectivity index (χ3n) is 5.78. The summed E-state index contributed by atoms with van der Waals surface area (Å²) >= 11 is 0. The maximum atomic E-state index is 13.0. The van der Waals surface area contributed by atoms with Crippen LogP contribution in [0.3, 0.4) is 0 Å². The predicted molar refractivity (Wildman–Crippen MR) is 128 cm³/mol. The fraction of sp³-hybridized carbons (Fsp3) is 0.280. The monoisotopic (exact) mass is 488 g/mol. The number of ether oxygens (including phenoxy) is 2. The summed E-state index contributed by atoms with van der Waals surface area (Å²) in [6, 6.07) is 7.90. The first-order valence-corrected chi connectivity index (χ1v) is 11.6. The Morgan fingerprint density at radius 3 is 2.50 bits per heavy atom. The number of anilines is 1. The molecule has 2 aliphatic rings. The van der Waals surface area contributed by atoms with Crippen LogP contribution in [0, 0.1) is 6.92 Å². The fourth-order valence-electron chi connectivity index (χ4n) is 3.71. The summed E-state index contributed by atoms with van der Waals surface area (Å²) in [4.78, 5) is 51.5. The lowest BCUT2D eigenvalue weighted by molar-refractivity contribution is -0.124. The molecule has 1 atom stereocenters. The van der Waals surface area contributed by atoms with Crippen LogP contribution in [-0.4, -0.2) is 63.3 Å². The number of carbonyl (C=O) groups excluding carboxylic acids is 3. The Morgan fingerprint density at radius 2 is 1.86 bits per heavy atom. The van der Waals surface area contributed by atoms with E-state index in [1.54, 1.807) is 36.2 Å². The molecule has 2 aromatic heterocycles. The van der Waals surface area contributed by atoms with Crippen molar-refractivity contribution in [2.75, 3.05) is 25.0 Å². The van der Waals surface area contributed by atoms with Crippen molar-refractivity contribution < 1.29 is 23.9 Å². The standard InChI is InChI=1S/C25H24N6O5/c1-15-12-29-22(14-27-15)30-23(32)16-9-18(11-19(10-16)36-21-5-6-26-24(21)33)35-17-3-4-20(28-13-17)25(34)31-7-2-8-31/h3-4,9-14,21H,2,5-8H2,1H3,(H,26,33)(H,29,30,32)/t21-/m0/s1. The molecule has 11 nitrogen and oxygen atoms in total. The number of hydrogen-bond acceptors (Lipinski definition) is 8. The van der Waals surface area contributed by atoms with Gasteiger partial charge in [0.15, 0.2) is 11.9 Å². The maximum Gasteiger partial charge on any atom is 0.272 e. The van der Waals surface area contributed by atoms with Crippen molar-refractivity contribution in [3.05, 3.63) is 65.9 Å². The second kappa shape index (κ2) is 9.98. The van der Waals surface area contributed by atoms with E-state index in [0.29, 0.717) is 41.7 Å². The van der Waals surface area contributed by atoms with Gasteiger partial charge in [-0.25, -0.2) is 9.97 Å². The molecule has 3 aromatic rings. The quantitative estimate of drug-likeness (QED) is 0.517. The Balaban J connectivity index is 1.37. The van der Waals surface area contributed by atoms with Crippen molar-refractivity contribution in [1.29, 1.82) is 0 Å². The van der Waals surface area contributed by atoms with Gasteiger partial charge in [0.2, 0.25) is 0 Å². The van der Waals surface area contributed by atoms with Crippen LogP contribution in [0.5, 0.6) is 17.2 Å². The molecule has 2 N–H and O–H groups in total. The van der Waals surface area contributed by atoms with Crippen molar-refractivity contribution in [2.45, 2.75) is 25.9 Å². The number of likely N-dealkylation sites (tertiary alicyclic amines) is 1. The van der Waals surface area contributed by atoms with E-state index in [-0.39, 0.29) is 17.4 Å². The molecule has 0 unspecified atom stereocenters. The van der Waals surface area contributed by atoms with Gasteiger partial charge in [-0.1, -0.05) is 0 Å². The summed E-state index contributed by atoms with van der Waals surface area (Å²) in [5.41, 5.74) is 1.30. The molecule has 1 aromatic carbocycles. The summed E-state index contributed by atoms with van der Waals surface area (Å²) in [7, 11) is 0. The van der Waals surface area contributed by atoms with Gasteiger partial charge in [-0.2, -0.15) is 0 Å². The lowest BCUT2D eigenvalue weighted by Crippen LogP contribution is -2.42. The van der Waals surface area contributed by atoms with Crippen LogP contribution >= 0.6 is 0 Å². The Morgan fingerprint density at radius 1 is 1.03 bits per heavy atom. The Labute approximate surface area is 206 Å². The zero-order valence-corrected chi connectivity index (χ0v) is 19.6. The molecule has 0 saturated carbocycles. The number of amides is 3. The largest absolute Gasteiger partial charge is 0.480 e. The molecule has 2 fully saturated rings. The highest BCUT2D eigenvalue weighted by atomic mass is 16.5. The molecule has 36 heavy (non-hydrogen) atoms. The van der Waals surface area contributed by atoms with Gasteiger partial charge in [0, 0.05) is 37.7 Å². The number of nitrogens with one attached hydrogen (secondary N) is 2. The van der Waals surface area contributed by atoms with E-state index >= 15 is 0 Å². The lowest BCUT2D eigenvalue weighted by atomic mass is 10.1. The zero-order chi connectivity index (χ0) is 25.1. The normalized spacial score (nSPS) is 16.6. The van der Waals surface area contributed by atoms with E-state index in [1.807, 2.05) is 0 Å². The topological polar surface area (TPSA) is 136 Å². The van der Waals surface area contributed by atoms with Crippen LogP contribution in [0.15, 0.2) is 48.9 Å². The minimum atomic E-state index is -0.660. The Bertz CT molecular complexity index is 1290. The van der Waals surface area contributed by atoms with Crippen molar-refractivity contribution in [3.63, 3.8) is 0 Å². The van der Waals surface area contributed by atoms with Gasteiger partial charge < -0.3 is 25.0 Å². The van der Waals surface area contributed by atoms with E-state index in [0.717, 1.165) is 25.2 Å². The molecule has 184 valence electrons. The lowest BCUT2D eigenvalue weighted by Gasteiger charge is -2.30. The Hall–Kier alpha value is -4.54. The van der Waals surface area contributed by atoms with Crippen molar-refractivity contribution in [3.8, 4) is 17.2 Å². The molecule has 3 amide bonds. The SMILES string of the molecule is Cc1cnc(NC(=O)c2cc(Oc3ccc(C(=O)N4CCC4)nc3)cc(O[C@H]3CCNC3=O)c2)cn1. The van der Waals surface area contributed by atoms with Gasteiger partial charge >= 0.3 is 0 Å². The van der Waals surface area contributed by atoms with Gasteiger partial charge in [-0.3, -0.25) is 19.4 Å². The summed E-state index contributed by atoms with van der Waals surface area (Å²) in [5, 5.41) is 5.41. The van der Waals surface area contributed by atoms with Crippen LogP contribution in [0.1, 0.15) is 39.4 Å². The minimum absolute atomic E-state index is 0.115. The van der Waals surface area contributed by atoms with Gasteiger partial charge in [-0.05, 0) is 37.6 Å². The third kappa shape index (κ3) is 5.24. The van der Waals surface area contributed by atoms with Crippen LogP contribution in [0.4, 0.5) is 5.82 Å². The van der Waals surface area contributed by atoms with E-state index in [2.05, 4.69) is 25.6 Å². The minimum Gasteiger partial charge on any atom is -0.480 e. The summed E-state index contributed by atoms with van der Waals surface area (Å²) in [6.45, 7) is 3.80. The second-order valence-electron chi connectivity index (χ2n) is 8.50. The van der Waals surface area contributed by atoms with Crippen molar-refractivity contribution in [2.24, 2.45) is 0 Å². The van der Waals surface area contributed by atoms with Crippen molar-refractivity contribution in [1.82, 2.24) is 25.2 Å². The molecule has 11 heteroatoms. The number of aryl methyl sites for hydroxylation is 1. The van der Waals surface area contributed by atoms with Crippen LogP contribution in [-0.2, 0) is 4.79 Å². The van der Waals surface area contributed by atoms with Gasteiger partial charge in [0.25, 0.3) is 17.7 Å². The highest BCUT2D eigenvalue weighted by Gasteiger charge is 2.27. The maximum absolute atomic E-state index is 13.0. The van der Waals surface area contributed by atoms with Gasteiger partial charge in [-0.15, -0.1) is 0 Å². The van der Waals surface area contributed by atoms with Crippen molar-refractivity contribution >= 4 is 23.5 Å². The number of aromatic nitrogens is 3. The van der Waals surface area contributed by atoms with Crippen LogP contribution < -0.4 is 20.1 Å². The highest BCUT2D eigenvalue weighted by Crippen LogP contribution is 2.29. The molecule has 0 spiro atoms. The van der Waals surface area contributed by atoms with Gasteiger partial charge in [0.1, 0.15) is 22.9 Å². The number of carbonyl (C=O) groups is 3. The first-order chi connectivity index (χ1) is 17.4. The molecule has 0 bridgehead atoms. The molecule has 2 aliphatic heterocycles.